The SMILES string of the molecule is c1ccc(-n2c3ccccc3c3cccc(-n4c5ccccc5c5ccc(N(c6ccc7c(c6)oc6ccccc67)c6ccc7c8ccccc8c8ccccc8c7c6)cc54)c32)cc1. The van der Waals surface area contributed by atoms with E-state index >= 15 is 0 Å². The standard InChI is InChI=1S/C60H37N3O/c1-2-15-38(16-3-1)62-54-25-11-9-22-48(54)52-24-14-27-56(60(52)62)63-55-26-12-8-21-47(55)49-33-30-40(36-57(49)63)61(41-31-34-51-50-23-10-13-28-58(50)64-59(51)37-41)39-29-32-46-44-19-5-4-17-42(44)43-18-6-7-20-45(43)53(46)35-39/h1-37H. The molecule has 14 aromatic rings. The zero-order valence-corrected chi connectivity index (χ0v) is 34.6. The van der Waals surface area contributed by atoms with Crippen molar-refractivity contribution in [1.82, 2.24) is 9.13 Å². The summed E-state index contributed by atoms with van der Waals surface area (Å²) in [5.41, 5.74) is 11.8. The van der Waals surface area contributed by atoms with Crippen LogP contribution in [0.2, 0.25) is 0 Å². The average Bonchev–Trinajstić information content (AvgIpc) is 4.02. The molecule has 3 aromatic heterocycles. The van der Waals surface area contributed by atoms with E-state index in [1.54, 1.807) is 0 Å². The fraction of sp³-hybridized carbons (Fsp3) is 0. The van der Waals surface area contributed by atoms with Crippen LogP contribution in [0.25, 0.3) is 109 Å². The van der Waals surface area contributed by atoms with Crippen molar-refractivity contribution < 1.29 is 4.42 Å². The van der Waals surface area contributed by atoms with Gasteiger partial charge in [0.15, 0.2) is 0 Å². The highest BCUT2D eigenvalue weighted by Crippen LogP contribution is 2.45. The third-order valence-corrected chi connectivity index (χ3v) is 13.5. The van der Waals surface area contributed by atoms with E-state index in [-0.39, 0.29) is 0 Å². The second-order valence-corrected chi connectivity index (χ2v) is 16.9. The van der Waals surface area contributed by atoms with Gasteiger partial charge in [0, 0.05) is 61.1 Å². The molecule has 0 saturated carbocycles. The maximum Gasteiger partial charge on any atom is 0.137 e. The van der Waals surface area contributed by atoms with Gasteiger partial charge < -0.3 is 18.5 Å². The van der Waals surface area contributed by atoms with Gasteiger partial charge in [-0.3, -0.25) is 0 Å². The smallest absolute Gasteiger partial charge is 0.137 e. The summed E-state index contributed by atoms with van der Waals surface area (Å²) in [5, 5.41) is 14.6. The lowest BCUT2D eigenvalue weighted by Crippen LogP contribution is -2.10. The summed E-state index contributed by atoms with van der Waals surface area (Å²) in [7, 11) is 0. The number of fused-ring (bicyclic) bond motifs is 15. The number of benzene rings is 11. The van der Waals surface area contributed by atoms with Crippen molar-refractivity contribution in [3.63, 3.8) is 0 Å². The molecule has 64 heavy (non-hydrogen) atoms. The first kappa shape index (κ1) is 35.0. The number of anilines is 3. The summed E-state index contributed by atoms with van der Waals surface area (Å²) >= 11 is 0. The van der Waals surface area contributed by atoms with Gasteiger partial charge in [0.1, 0.15) is 11.2 Å². The van der Waals surface area contributed by atoms with Crippen molar-refractivity contribution in [2.24, 2.45) is 0 Å². The zero-order chi connectivity index (χ0) is 41.9. The highest BCUT2D eigenvalue weighted by atomic mass is 16.3. The monoisotopic (exact) mass is 815 g/mol. The zero-order valence-electron chi connectivity index (χ0n) is 34.6. The van der Waals surface area contributed by atoms with Crippen LogP contribution in [0.5, 0.6) is 0 Å². The Morgan fingerprint density at radius 2 is 0.750 bits per heavy atom. The normalized spacial score (nSPS) is 12.1. The molecule has 298 valence electrons. The van der Waals surface area contributed by atoms with Gasteiger partial charge in [0.25, 0.3) is 0 Å². The Labute approximate surface area is 367 Å². The van der Waals surface area contributed by atoms with Crippen LogP contribution in [-0.4, -0.2) is 9.13 Å². The van der Waals surface area contributed by atoms with Gasteiger partial charge in [0.2, 0.25) is 0 Å². The summed E-state index contributed by atoms with van der Waals surface area (Å²) in [6.07, 6.45) is 0. The van der Waals surface area contributed by atoms with E-state index in [0.29, 0.717) is 0 Å². The molecule has 0 radical (unpaired) electrons. The van der Waals surface area contributed by atoms with Crippen LogP contribution in [0.15, 0.2) is 229 Å². The van der Waals surface area contributed by atoms with Crippen molar-refractivity contribution in [3.8, 4) is 11.4 Å². The number of furan rings is 1. The number of aromatic nitrogens is 2. The van der Waals surface area contributed by atoms with Crippen molar-refractivity contribution in [2.75, 3.05) is 4.90 Å². The van der Waals surface area contributed by atoms with Gasteiger partial charge in [-0.1, -0.05) is 146 Å². The first-order valence-electron chi connectivity index (χ1n) is 21.9. The number of hydrogen-bond acceptors (Lipinski definition) is 2. The molecular weight excluding hydrogens is 779 g/mol. The van der Waals surface area contributed by atoms with Crippen LogP contribution in [0.4, 0.5) is 17.1 Å². The lowest BCUT2D eigenvalue weighted by molar-refractivity contribution is 0.669. The maximum absolute atomic E-state index is 6.56. The van der Waals surface area contributed by atoms with E-state index in [2.05, 4.69) is 232 Å². The molecule has 0 saturated heterocycles. The first-order valence-corrected chi connectivity index (χ1v) is 21.9. The topological polar surface area (TPSA) is 26.2 Å². The predicted octanol–water partition coefficient (Wildman–Crippen LogP) is 16.7. The van der Waals surface area contributed by atoms with Crippen molar-refractivity contribution in [1.29, 1.82) is 0 Å². The maximum atomic E-state index is 6.56. The fourth-order valence-corrected chi connectivity index (χ4v) is 10.7. The molecule has 4 heteroatoms. The molecule has 0 amide bonds. The summed E-state index contributed by atoms with van der Waals surface area (Å²) in [6, 6.07) is 81.6. The molecular formula is C60H37N3O. The number of hydrogen-bond donors (Lipinski definition) is 0. The highest BCUT2D eigenvalue weighted by molar-refractivity contribution is 6.26. The molecule has 4 nitrogen and oxygen atoms in total. The second-order valence-electron chi connectivity index (χ2n) is 16.9. The molecule has 0 N–H and O–H groups in total. The van der Waals surface area contributed by atoms with Crippen LogP contribution in [-0.2, 0) is 0 Å². The lowest BCUT2D eigenvalue weighted by atomic mass is 9.94. The van der Waals surface area contributed by atoms with E-state index in [9.17, 15) is 0 Å². The fourth-order valence-electron chi connectivity index (χ4n) is 10.7. The quantitative estimate of drug-likeness (QED) is 0.162. The van der Waals surface area contributed by atoms with Crippen molar-refractivity contribution in [3.05, 3.63) is 224 Å². The summed E-state index contributed by atoms with van der Waals surface area (Å²) in [5.74, 6) is 0. The Kier molecular flexibility index (Phi) is 7.36. The summed E-state index contributed by atoms with van der Waals surface area (Å²) in [6.45, 7) is 0. The number of nitrogens with zero attached hydrogens (tertiary/aromatic N) is 3. The van der Waals surface area contributed by atoms with E-state index in [4.69, 9.17) is 4.42 Å². The molecule has 0 spiro atoms. The molecule has 0 fully saturated rings. The Hall–Kier alpha value is -8.60. The molecule has 0 aliphatic carbocycles. The van der Waals surface area contributed by atoms with Crippen molar-refractivity contribution in [2.45, 2.75) is 0 Å². The number of para-hydroxylation sites is 5. The molecule has 11 aromatic carbocycles. The Bertz CT molecular complexity index is 4170. The third-order valence-electron chi connectivity index (χ3n) is 13.5. The Morgan fingerprint density at radius 3 is 1.47 bits per heavy atom. The van der Waals surface area contributed by atoms with E-state index < -0.39 is 0 Å². The average molecular weight is 816 g/mol. The molecule has 0 aliphatic rings. The Balaban J connectivity index is 1.07. The van der Waals surface area contributed by atoms with Crippen LogP contribution < -0.4 is 4.90 Å². The van der Waals surface area contributed by atoms with Crippen LogP contribution >= 0.6 is 0 Å². The molecule has 0 unspecified atom stereocenters. The minimum Gasteiger partial charge on any atom is -0.456 e. The molecule has 0 atom stereocenters. The molecule has 14 rings (SSSR count). The van der Waals surface area contributed by atoms with Crippen LogP contribution in [0.3, 0.4) is 0 Å². The summed E-state index contributed by atoms with van der Waals surface area (Å²) < 4.78 is 11.5. The predicted molar refractivity (Wildman–Crippen MR) is 270 cm³/mol. The van der Waals surface area contributed by atoms with E-state index in [1.165, 1.54) is 64.9 Å². The van der Waals surface area contributed by atoms with E-state index in [1.807, 2.05) is 6.07 Å². The highest BCUT2D eigenvalue weighted by Gasteiger charge is 2.23. The van der Waals surface area contributed by atoms with Crippen LogP contribution in [0, 0.1) is 0 Å². The first-order chi connectivity index (χ1) is 31.8. The Morgan fingerprint density at radius 1 is 0.281 bits per heavy atom. The van der Waals surface area contributed by atoms with Gasteiger partial charge in [-0.15, -0.1) is 0 Å². The van der Waals surface area contributed by atoms with Gasteiger partial charge in [-0.25, -0.2) is 0 Å². The summed E-state index contributed by atoms with van der Waals surface area (Å²) in [4.78, 5) is 2.40. The minimum absolute atomic E-state index is 0.858. The number of rotatable bonds is 5. The minimum atomic E-state index is 0.858. The van der Waals surface area contributed by atoms with Gasteiger partial charge >= 0.3 is 0 Å². The van der Waals surface area contributed by atoms with E-state index in [0.717, 1.165) is 61.4 Å². The second kappa shape index (κ2) is 13.4. The largest absolute Gasteiger partial charge is 0.456 e. The molecule has 0 bridgehead atoms. The van der Waals surface area contributed by atoms with Crippen molar-refractivity contribution >= 4 is 115 Å². The third kappa shape index (κ3) is 4.99. The molecule has 3 heterocycles. The lowest BCUT2D eigenvalue weighted by Gasteiger charge is -2.26. The van der Waals surface area contributed by atoms with Crippen LogP contribution in [0.1, 0.15) is 0 Å². The van der Waals surface area contributed by atoms with Gasteiger partial charge in [0.05, 0.1) is 27.8 Å². The van der Waals surface area contributed by atoms with Gasteiger partial charge in [-0.05, 0) is 105 Å². The molecule has 0 aliphatic heterocycles. The van der Waals surface area contributed by atoms with Gasteiger partial charge in [-0.2, -0.15) is 0 Å².